The van der Waals surface area contributed by atoms with E-state index in [1.807, 2.05) is 0 Å². The van der Waals surface area contributed by atoms with Crippen LogP contribution in [0.1, 0.15) is 6.42 Å². The van der Waals surface area contributed by atoms with Crippen LogP contribution in [-0.4, -0.2) is 13.2 Å². The molecule has 0 aliphatic rings. The molecule has 0 unspecified atom stereocenters. The Kier molecular flexibility index (Phi) is 4.82. The van der Waals surface area contributed by atoms with Gasteiger partial charge in [-0.3, -0.25) is 0 Å². The van der Waals surface area contributed by atoms with Crippen LogP contribution in [0.15, 0.2) is 12.1 Å². The first-order chi connectivity index (χ1) is 6.65. The number of nitrogens with two attached hydrogens (primary N) is 1. The van der Waals surface area contributed by atoms with Crippen LogP contribution in [-0.2, 0) is 0 Å². The van der Waals surface area contributed by atoms with E-state index >= 15 is 0 Å². The molecule has 0 spiro atoms. The summed E-state index contributed by atoms with van der Waals surface area (Å²) in [6.45, 7) is 1.10. The molecule has 0 saturated heterocycles. The van der Waals surface area contributed by atoms with Gasteiger partial charge in [0.2, 0.25) is 0 Å². The predicted octanol–water partition coefficient (Wildman–Crippen LogP) is 3.37. The van der Waals surface area contributed by atoms with Gasteiger partial charge >= 0.3 is 0 Å². The highest BCUT2D eigenvalue weighted by molar-refractivity contribution is 6.43. The average molecular weight is 255 g/mol. The Labute approximate surface area is 97.9 Å². The molecule has 0 aliphatic carbocycles. The van der Waals surface area contributed by atoms with Crippen molar-refractivity contribution in [2.24, 2.45) is 5.73 Å². The van der Waals surface area contributed by atoms with Crippen LogP contribution >= 0.6 is 34.8 Å². The first-order valence-electron chi connectivity index (χ1n) is 4.12. The number of rotatable bonds is 4. The normalized spacial score (nSPS) is 10.3. The van der Waals surface area contributed by atoms with Crippen molar-refractivity contribution in [3.63, 3.8) is 0 Å². The third-order valence-electron chi connectivity index (χ3n) is 1.58. The van der Waals surface area contributed by atoms with Crippen LogP contribution in [0.2, 0.25) is 15.1 Å². The second kappa shape index (κ2) is 5.66. The molecule has 2 nitrogen and oxygen atoms in total. The fourth-order valence-electron chi connectivity index (χ4n) is 0.880. The van der Waals surface area contributed by atoms with Crippen LogP contribution in [0.5, 0.6) is 5.75 Å². The molecule has 1 aromatic carbocycles. The fourth-order valence-corrected chi connectivity index (χ4v) is 1.47. The molecule has 14 heavy (non-hydrogen) atoms. The Morgan fingerprint density at radius 3 is 2.36 bits per heavy atom. The number of benzene rings is 1. The smallest absolute Gasteiger partial charge is 0.139 e. The van der Waals surface area contributed by atoms with Gasteiger partial charge in [0.1, 0.15) is 5.75 Å². The first-order valence-corrected chi connectivity index (χ1v) is 5.26. The summed E-state index contributed by atoms with van der Waals surface area (Å²) in [5, 5.41) is 1.30. The van der Waals surface area contributed by atoms with Gasteiger partial charge in [0.15, 0.2) is 0 Å². The summed E-state index contributed by atoms with van der Waals surface area (Å²) in [7, 11) is 0. The van der Waals surface area contributed by atoms with Crippen molar-refractivity contribution in [1.29, 1.82) is 0 Å². The highest BCUT2D eigenvalue weighted by Gasteiger charge is 2.06. The van der Waals surface area contributed by atoms with E-state index in [1.54, 1.807) is 12.1 Å². The van der Waals surface area contributed by atoms with E-state index in [0.29, 0.717) is 34.0 Å². The van der Waals surface area contributed by atoms with Gasteiger partial charge in [-0.15, -0.1) is 0 Å². The lowest BCUT2D eigenvalue weighted by atomic mass is 10.3. The lowest BCUT2D eigenvalue weighted by molar-refractivity contribution is 0.313. The molecule has 2 N–H and O–H groups in total. The van der Waals surface area contributed by atoms with Gasteiger partial charge in [0.05, 0.1) is 21.7 Å². The zero-order valence-electron chi connectivity index (χ0n) is 7.40. The molecule has 0 fully saturated rings. The Morgan fingerprint density at radius 1 is 1.07 bits per heavy atom. The van der Waals surface area contributed by atoms with Gasteiger partial charge in [0, 0.05) is 6.07 Å². The lowest BCUT2D eigenvalue weighted by Crippen LogP contribution is -2.06. The third kappa shape index (κ3) is 3.21. The Balaban J connectivity index is 2.72. The van der Waals surface area contributed by atoms with E-state index in [4.69, 9.17) is 45.3 Å². The fraction of sp³-hybridized carbons (Fsp3) is 0.333. The maximum atomic E-state index is 5.88. The molecule has 0 radical (unpaired) electrons. The lowest BCUT2D eigenvalue weighted by Gasteiger charge is -2.08. The number of halogens is 3. The SMILES string of the molecule is NCCCOc1cc(Cl)c(Cl)cc1Cl. The molecule has 0 aliphatic heterocycles. The predicted molar refractivity (Wildman–Crippen MR) is 60.6 cm³/mol. The summed E-state index contributed by atoms with van der Waals surface area (Å²) in [5.41, 5.74) is 5.32. The summed E-state index contributed by atoms with van der Waals surface area (Å²) in [6, 6.07) is 3.16. The minimum Gasteiger partial charge on any atom is -0.492 e. The van der Waals surface area contributed by atoms with E-state index in [0.717, 1.165) is 6.42 Å². The third-order valence-corrected chi connectivity index (χ3v) is 2.60. The van der Waals surface area contributed by atoms with Crippen LogP contribution < -0.4 is 10.5 Å². The van der Waals surface area contributed by atoms with Crippen LogP contribution in [0.25, 0.3) is 0 Å². The molecule has 78 valence electrons. The molecule has 0 bridgehead atoms. The molecule has 0 heterocycles. The second-order valence-corrected chi connectivity index (χ2v) is 3.91. The Hall–Kier alpha value is -0.150. The molecular formula is C9H10Cl3NO. The van der Waals surface area contributed by atoms with Crippen molar-refractivity contribution in [3.05, 3.63) is 27.2 Å². The minimum absolute atomic E-state index is 0.419. The van der Waals surface area contributed by atoms with E-state index in [-0.39, 0.29) is 0 Å². The highest BCUT2D eigenvalue weighted by atomic mass is 35.5. The highest BCUT2D eigenvalue weighted by Crippen LogP contribution is 2.33. The summed E-state index contributed by atoms with van der Waals surface area (Å²) in [6.07, 6.45) is 0.774. The van der Waals surface area contributed by atoms with Crippen molar-refractivity contribution >= 4 is 34.8 Å². The standard InChI is InChI=1S/C9H10Cl3NO/c10-6-4-8(12)9(5-7(6)11)14-3-1-2-13/h4-5H,1-3,13H2. The van der Waals surface area contributed by atoms with Crippen molar-refractivity contribution in [2.45, 2.75) is 6.42 Å². The zero-order chi connectivity index (χ0) is 10.6. The maximum absolute atomic E-state index is 5.88. The van der Waals surface area contributed by atoms with E-state index in [1.165, 1.54) is 0 Å². The van der Waals surface area contributed by atoms with E-state index in [9.17, 15) is 0 Å². The summed E-state index contributed by atoms with van der Waals surface area (Å²) in [4.78, 5) is 0. The summed E-state index contributed by atoms with van der Waals surface area (Å²) >= 11 is 17.4. The van der Waals surface area contributed by atoms with Gasteiger partial charge in [-0.1, -0.05) is 34.8 Å². The molecule has 0 saturated carbocycles. The monoisotopic (exact) mass is 253 g/mol. The molecular weight excluding hydrogens is 244 g/mol. The summed E-state index contributed by atoms with van der Waals surface area (Å²) < 4.78 is 5.36. The molecule has 0 aromatic heterocycles. The summed E-state index contributed by atoms with van der Waals surface area (Å²) in [5.74, 6) is 0.537. The van der Waals surface area contributed by atoms with Crippen LogP contribution in [0.4, 0.5) is 0 Å². The molecule has 5 heteroatoms. The Morgan fingerprint density at radius 2 is 1.71 bits per heavy atom. The van der Waals surface area contributed by atoms with E-state index in [2.05, 4.69) is 0 Å². The van der Waals surface area contributed by atoms with Gasteiger partial charge in [-0.2, -0.15) is 0 Å². The molecule has 1 rings (SSSR count). The number of hydrogen-bond acceptors (Lipinski definition) is 2. The van der Waals surface area contributed by atoms with Gasteiger partial charge in [0.25, 0.3) is 0 Å². The quantitative estimate of drug-likeness (QED) is 0.660. The van der Waals surface area contributed by atoms with Gasteiger partial charge in [-0.25, -0.2) is 0 Å². The van der Waals surface area contributed by atoms with Crippen LogP contribution in [0, 0.1) is 0 Å². The first kappa shape index (κ1) is 11.9. The van der Waals surface area contributed by atoms with E-state index < -0.39 is 0 Å². The molecule has 0 amide bonds. The topological polar surface area (TPSA) is 35.2 Å². The van der Waals surface area contributed by atoms with Crippen molar-refractivity contribution in [2.75, 3.05) is 13.2 Å². The molecule has 0 atom stereocenters. The number of ether oxygens (including phenoxy) is 1. The molecule has 1 aromatic rings. The second-order valence-electron chi connectivity index (χ2n) is 2.69. The zero-order valence-corrected chi connectivity index (χ0v) is 9.66. The van der Waals surface area contributed by atoms with Gasteiger partial charge < -0.3 is 10.5 Å². The minimum atomic E-state index is 0.419. The maximum Gasteiger partial charge on any atom is 0.139 e. The van der Waals surface area contributed by atoms with Crippen molar-refractivity contribution in [3.8, 4) is 5.75 Å². The van der Waals surface area contributed by atoms with Crippen LogP contribution in [0.3, 0.4) is 0 Å². The van der Waals surface area contributed by atoms with Crippen molar-refractivity contribution in [1.82, 2.24) is 0 Å². The van der Waals surface area contributed by atoms with Crippen molar-refractivity contribution < 1.29 is 4.74 Å². The average Bonchev–Trinajstić information content (AvgIpc) is 2.14. The Bertz CT molecular complexity index is 317. The number of hydrogen-bond donors (Lipinski definition) is 1. The van der Waals surface area contributed by atoms with Gasteiger partial charge in [-0.05, 0) is 19.0 Å². The largest absolute Gasteiger partial charge is 0.492 e.